The zero-order valence-corrected chi connectivity index (χ0v) is 15.8. The smallest absolute Gasteiger partial charge is 0.417 e. The summed E-state index contributed by atoms with van der Waals surface area (Å²) >= 11 is 5.82. The van der Waals surface area contributed by atoms with Crippen molar-refractivity contribution in [2.45, 2.75) is 45.4 Å². The number of ether oxygens (including phenoxy) is 2. The number of halogens is 4. The van der Waals surface area contributed by atoms with Gasteiger partial charge in [0.1, 0.15) is 11.4 Å². The predicted molar refractivity (Wildman–Crippen MR) is 92.5 cm³/mol. The van der Waals surface area contributed by atoms with E-state index >= 15 is 0 Å². The number of rotatable bonds is 3. The van der Waals surface area contributed by atoms with Crippen molar-refractivity contribution < 1.29 is 27.4 Å². The molecule has 0 N–H and O–H groups in total. The van der Waals surface area contributed by atoms with Crippen molar-refractivity contribution in [3.8, 4) is 5.75 Å². The Morgan fingerprint density at radius 2 is 1.85 bits per heavy atom. The molecule has 1 heterocycles. The van der Waals surface area contributed by atoms with Crippen LogP contribution in [0.5, 0.6) is 5.75 Å². The van der Waals surface area contributed by atoms with Gasteiger partial charge in [0.25, 0.3) is 0 Å². The Kier molecular flexibility index (Phi) is 6.32. The predicted octanol–water partition coefficient (Wildman–Crippen LogP) is 5.38. The van der Waals surface area contributed by atoms with Gasteiger partial charge in [0.15, 0.2) is 0 Å². The van der Waals surface area contributed by atoms with Gasteiger partial charge in [0, 0.05) is 13.1 Å². The van der Waals surface area contributed by atoms with Gasteiger partial charge in [-0.3, -0.25) is 0 Å². The molecule has 0 atom stereocenters. The van der Waals surface area contributed by atoms with Gasteiger partial charge in [-0.1, -0.05) is 17.7 Å². The fourth-order valence-corrected chi connectivity index (χ4v) is 2.95. The number of hydrogen-bond acceptors (Lipinski definition) is 3. The summed E-state index contributed by atoms with van der Waals surface area (Å²) in [4.78, 5) is 13.7. The van der Waals surface area contributed by atoms with Gasteiger partial charge in [0.05, 0.1) is 17.2 Å². The normalized spacial score (nSPS) is 16.5. The standard InChI is InChI=1S/C18H23ClF3NO3/c1-17(2,3)26-16(24)23-9-7-12(8-10-23)11-25-14-6-4-5-13(15(14)19)18(20,21)22/h4-6,12H,7-11H2,1-3H3. The first-order valence-electron chi connectivity index (χ1n) is 8.44. The van der Waals surface area contributed by atoms with E-state index in [1.165, 1.54) is 12.1 Å². The second-order valence-electron chi connectivity index (χ2n) is 7.34. The number of hydrogen-bond donors (Lipinski definition) is 0. The monoisotopic (exact) mass is 393 g/mol. The Hall–Kier alpha value is -1.63. The van der Waals surface area contributed by atoms with Crippen LogP contribution < -0.4 is 4.74 Å². The van der Waals surface area contributed by atoms with E-state index in [9.17, 15) is 18.0 Å². The number of alkyl halides is 3. The van der Waals surface area contributed by atoms with Crippen molar-refractivity contribution in [1.82, 2.24) is 4.90 Å². The number of piperidine rings is 1. The van der Waals surface area contributed by atoms with E-state index in [2.05, 4.69) is 0 Å². The first kappa shape index (κ1) is 20.7. The number of benzene rings is 1. The van der Waals surface area contributed by atoms with Crippen molar-refractivity contribution in [3.05, 3.63) is 28.8 Å². The van der Waals surface area contributed by atoms with E-state index in [1.807, 2.05) is 20.8 Å². The van der Waals surface area contributed by atoms with Crippen LogP contribution in [0, 0.1) is 5.92 Å². The third-order valence-corrected chi connectivity index (χ3v) is 4.40. The van der Waals surface area contributed by atoms with E-state index in [-0.39, 0.29) is 24.4 Å². The minimum atomic E-state index is -4.52. The summed E-state index contributed by atoms with van der Waals surface area (Å²) in [5, 5.41) is -0.425. The molecule has 26 heavy (non-hydrogen) atoms. The summed E-state index contributed by atoms with van der Waals surface area (Å²) < 4.78 is 49.5. The van der Waals surface area contributed by atoms with Crippen LogP contribution in [0.2, 0.25) is 5.02 Å². The average molecular weight is 394 g/mol. The average Bonchev–Trinajstić information content (AvgIpc) is 2.51. The summed E-state index contributed by atoms with van der Waals surface area (Å²) in [6.07, 6.45) is -3.49. The molecule has 1 aliphatic heterocycles. The summed E-state index contributed by atoms with van der Waals surface area (Å²) in [5.41, 5.74) is -1.45. The molecule has 0 radical (unpaired) electrons. The van der Waals surface area contributed by atoms with Crippen LogP contribution in [0.1, 0.15) is 39.2 Å². The topological polar surface area (TPSA) is 38.8 Å². The van der Waals surface area contributed by atoms with Crippen LogP contribution in [0.3, 0.4) is 0 Å². The van der Waals surface area contributed by atoms with Crippen molar-refractivity contribution in [2.24, 2.45) is 5.92 Å². The highest BCUT2D eigenvalue weighted by molar-refractivity contribution is 6.32. The molecule has 8 heteroatoms. The molecule has 0 spiro atoms. The largest absolute Gasteiger partial charge is 0.492 e. The second kappa shape index (κ2) is 7.94. The molecule has 1 amide bonds. The lowest BCUT2D eigenvalue weighted by Gasteiger charge is -2.33. The Morgan fingerprint density at radius 3 is 2.38 bits per heavy atom. The van der Waals surface area contributed by atoms with E-state index in [0.717, 1.165) is 6.07 Å². The number of carbonyl (C=O) groups excluding carboxylic acids is 1. The molecule has 1 aromatic carbocycles. The van der Waals surface area contributed by atoms with Gasteiger partial charge in [-0.2, -0.15) is 13.2 Å². The summed E-state index contributed by atoms with van der Waals surface area (Å²) in [6, 6.07) is 3.62. The number of carbonyl (C=O) groups is 1. The lowest BCUT2D eigenvalue weighted by atomic mass is 9.98. The van der Waals surface area contributed by atoms with Gasteiger partial charge >= 0.3 is 12.3 Å². The first-order valence-corrected chi connectivity index (χ1v) is 8.81. The molecular weight excluding hydrogens is 371 g/mol. The van der Waals surface area contributed by atoms with E-state index < -0.39 is 22.4 Å². The molecule has 0 bridgehead atoms. The van der Waals surface area contributed by atoms with Crippen LogP contribution in [-0.4, -0.2) is 36.3 Å². The SMILES string of the molecule is CC(C)(C)OC(=O)N1CCC(COc2cccc(C(F)(F)F)c2Cl)CC1. The third-order valence-electron chi connectivity index (χ3n) is 4.01. The molecule has 1 aromatic rings. The van der Waals surface area contributed by atoms with Crippen LogP contribution in [0.25, 0.3) is 0 Å². The summed E-state index contributed by atoms with van der Waals surface area (Å²) in [6.45, 7) is 6.74. The van der Waals surface area contributed by atoms with Crippen LogP contribution >= 0.6 is 11.6 Å². The maximum absolute atomic E-state index is 12.9. The Bertz CT molecular complexity index is 636. The molecular formula is C18H23ClF3NO3. The van der Waals surface area contributed by atoms with Crippen LogP contribution in [0.4, 0.5) is 18.0 Å². The van der Waals surface area contributed by atoms with Crippen molar-refractivity contribution in [1.29, 1.82) is 0 Å². The molecule has 4 nitrogen and oxygen atoms in total. The van der Waals surface area contributed by atoms with Crippen LogP contribution in [0.15, 0.2) is 18.2 Å². The van der Waals surface area contributed by atoms with E-state index in [1.54, 1.807) is 4.90 Å². The van der Waals surface area contributed by atoms with Gasteiger partial charge in [0.2, 0.25) is 0 Å². The van der Waals surface area contributed by atoms with Crippen molar-refractivity contribution in [2.75, 3.05) is 19.7 Å². The molecule has 1 fully saturated rings. The molecule has 1 aliphatic rings. The Labute approximate surface area is 156 Å². The van der Waals surface area contributed by atoms with Gasteiger partial charge in [-0.05, 0) is 51.7 Å². The highest BCUT2D eigenvalue weighted by Gasteiger charge is 2.34. The zero-order valence-electron chi connectivity index (χ0n) is 15.0. The zero-order chi connectivity index (χ0) is 19.5. The molecule has 0 saturated carbocycles. The lowest BCUT2D eigenvalue weighted by Crippen LogP contribution is -2.42. The molecule has 0 aromatic heterocycles. The molecule has 0 aliphatic carbocycles. The molecule has 2 rings (SSSR count). The molecule has 0 unspecified atom stereocenters. The quantitative estimate of drug-likeness (QED) is 0.691. The first-order chi connectivity index (χ1) is 12.0. The fraction of sp³-hybridized carbons (Fsp3) is 0.611. The van der Waals surface area contributed by atoms with Crippen molar-refractivity contribution in [3.63, 3.8) is 0 Å². The minimum absolute atomic E-state index is 0.0241. The Morgan fingerprint density at radius 1 is 1.23 bits per heavy atom. The fourth-order valence-electron chi connectivity index (χ4n) is 2.66. The van der Waals surface area contributed by atoms with Gasteiger partial charge in [-0.15, -0.1) is 0 Å². The van der Waals surface area contributed by atoms with E-state index in [0.29, 0.717) is 25.9 Å². The van der Waals surface area contributed by atoms with E-state index in [4.69, 9.17) is 21.1 Å². The molecule has 146 valence electrons. The molecule has 1 saturated heterocycles. The van der Waals surface area contributed by atoms with Crippen molar-refractivity contribution >= 4 is 17.7 Å². The Balaban J connectivity index is 1.87. The number of likely N-dealkylation sites (tertiary alicyclic amines) is 1. The number of nitrogens with zero attached hydrogens (tertiary/aromatic N) is 1. The van der Waals surface area contributed by atoms with Crippen LogP contribution in [-0.2, 0) is 10.9 Å². The lowest BCUT2D eigenvalue weighted by molar-refractivity contribution is -0.137. The maximum Gasteiger partial charge on any atom is 0.417 e. The highest BCUT2D eigenvalue weighted by atomic mass is 35.5. The minimum Gasteiger partial charge on any atom is -0.492 e. The highest BCUT2D eigenvalue weighted by Crippen LogP contribution is 2.39. The van der Waals surface area contributed by atoms with Gasteiger partial charge in [-0.25, -0.2) is 4.79 Å². The van der Waals surface area contributed by atoms with Gasteiger partial charge < -0.3 is 14.4 Å². The maximum atomic E-state index is 12.9. The summed E-state index contributed by atoms with van der Waals surface area (Å²) in [7, 11) is 0. The summed E-state index contributed by atoms with van der Waals surface area (Å²) in [5.74, 6) is 0.162. The third kappa shape index (κ3) is 5.69. The second-order valence-corrected chi connectivity index (χ2v) is 7.72. The number of amides is 1.